The molecule has 0 aliphatic heterocycles. The number of aliphatic carboxylic acids is 8. The van der Waals surface area contributed by atoms with E-state index < -0.39 is 84.6 Å². The third-order valence-electron chi connectivity index (χ3n) is 2.56. The van der Waals surface area contributed by atoms with Crippen LogP contribution in [-0.4, -0.2) is 94.7 Å². The fraction of sp³-hybridized carbons (Fsp3) is 0.500. The zero-order valence-corrected chi connectivity index (χ0v) is 38.1. The number of carbonyl (C=O) groups is 8. The summed E-state index contributed by atoms with van der Waals surface area (Å²) in [5.41, 5.74) is -5.54. The second-order valence-corrected chi connectivity index (χ2v) is 5.92. The summed E-state index contributed by atoms with van der Waals surface area (Å²) < 4.78 is 0. The molecule has 0 aliphatic carbocycles. The van der Waals surface area contributed by atoms with E-state index in [4.69, 9.17) is 55.5 Å². The summed E-state index contributed by atoms with van der Waals surface area (Å²) in [4.78, 5) is 78.6. The summed E-state index contributed by atoms with van der Waals surface area (Å²) in [6, 6.07) is 0. The fourth-order valence-corrected chi connectivity index (χ4v) is 1.42. The quantitative estimate of drug-likeness (QED) is 0.102. The van der Waals surface area contributed by atoms with E-state index in [1.165, 1.54) is 0 Å². The number of rotatable bonds is 10. The predicted molar refractivity (Wildman–Crippen MR) is 92.9 cm³/mol. The van der Waals surface area contributed by atoms with E-state index in [9.17, 15) is 33.9 Å². The molecule has 0 radical (unpaired) electrons. The van der Waals surface area contributed by atoms with Crippen molar-refractivity contribution in [2.75, 3.05) is 0 Å². The molecule has 0 aliphatic rings. The molecule has 0 saturated carbocycles. The van der Waals surface area contributed by atoms with Gasteiger partial charge in [0.1, 0.15) is 0 Å². The van der Waals surface area contributed by atoms with Crippen LogP contribution in [0.3, 0.4) is 0 Å². The fourth-order valence-electron chi connectivity index (χ4n) is 1.42. The maximum Gasteiger partial charge on any atom is 1.00 e. The van der Waals surface area contributed by atoms with Gasteiger partial charge >= 0.3 is 243 Å². The van der Waals surface area contributed by atoms with Crippen molar-refractivity contribution in [2.24, 2.45) is 0 Å². The molecule has 0 aromatic carbocycles. The molecule has 0 amide bonds. The molecule has 0 aromatic heterocycles. The Morgan fingerprint density at radius 2 is 0.659 bits per heavy atom. The predicted octanol–water partition coefficient (Wildman–Crippen LogP) is -27.3. The first kappa shape index (κ1) is 74.8. The normalized spacial score (nSPS) is 9.27. The summed E-state index contributed by atoms with van der Waals surface area (Å²) in [6.45, 7) is 1.94. The van der Waals surface area contributed by atoms with E-state index in [0.29, 0.717) is 0 Å². The molecule has 1 atom stereocenters. The van der Waals surface area contributed by atoms with Crippen LogP contribution < -0.4 is 253 Å². The van der Waals surface area contributed by atoms with Gasteiger partial charge in [-0.05, 0) is 13.8 Å². The number of carboxylic acids is 8. The summed E-state index contributed by atoms with van der Waals surface area (Å²) in [6.07, 6.45) is -4.73. The molecule has 1 unspecified atom stereocenters. The minimum atomic E-state index is -2.80. The maximum atomic E-state index is 10.3. The first-order valence-corrected chi connectivity index (χ1v) is 8.14. The molecule has 41 heavy (non-hydrogen) atoms. The van der Waals surface area contributed by atoms with Crippen molar-refractivity contribution in [3.8, 4) is 0 Å². The van der Waals surface area contributed by atoms with E-state index >= 15 is 0 Å². The number of hydrogen-bond acceptors (Lipinski definition) is 13. The maximum absolute atomic E-state index is 10.3. The van der Waals surface area contributed by atoms with Gasteiger partial charge in [-0.25, -0.2) is 9.59 Å². The molecular weight excluding hydrogens is 714 g/mol. The van der Waals surface area contributed by atoms with Crippen LogP contribution in [0, 0.1) is 0 Å². The van der Waals surface area contributed by atoms with Gasteiger partial charge in [0, 0.05) is 24.3 Å². The van der Waals surface area contributed by atoms with Crippen LogP contribution in [0.2, 0.25) is 0 Å². The average Bonchev–Trinajstić information content (AvgIpc) is 2.50. The van der Waals surface area contributed by atoms with Gasteiger partial charge in [-0.15, -0.1) is 0 Å². The van der Waals surface area contributed by atoms with Gasteiger partial charge in [0.2, 0.25) is 0 Å². The van der Waals surface area contributed by atoms with Crippen LogP contribution >= 0.6 is 0 Å². The molecule has 18 nitrogen and oxygen atoms in total. The molecule has 0 fully saturated rings. The summed E-state index contributed by atoms with van der Waals surface area (Å²) in [7, 11) is 0. The summed E-state index contributed by atoms with van der Waals surface area (Å²) in [5.74, 6) is -12.5. The van der Waals surface area contributed by atoms with Crippen LogP contribution in [0.15, 0.2) is 0 Å². The van der Waals surface area contributed by atoms with Crippen molar-refractivity contribution in [1.29, 1.82) is 0 Å². The SMILES string of the molecule is CC(=O)[O-].CC(=O)[O-].O=C(O)CC(O)(CC(=O)O)C(=O)O.O=C([O-])CC(O)(CC(=O)O)C(=O)O.[Cl-].[Cl-].[K+].[K+].[K+].[Na+].[Na+]. The van der Waals surface area contributed by atoms with Gasteiger partial charge in [0.25, 0.3) is 0 Å². The minimum absolute atomic E-state index is 0. The molecule has 212 valence electrons. The summed E-state index contributed by atoms with van der Waals surface area (Å²) in [5, 5.41) is 87.1. The Balaban J connectivity index is -0.0000000340. The Morgan fingerprint density at radius 1 is 0.512 bits per heavy atom. The molecule has 0 rings (SSSR count). The first-order chi connectivity index (χ1) is 15.0. The Kier molecular flexibility index (Phi) is 75.2. The van der Waals surface area contributed by atoms with E-state index in [-0.39, 0.29) is 238 Å². The summed E-state index contributed by atoms with van der Waals surface area (Å²) >= 11 is 0. The monoisotopic (exact) mass is 734 g/mol. The molecule has 0 bridgehead atoms. The Labute approximate surface area is 416 Å². The van der Waals surface area contributed by atoms with Crippen molar-refractivity contribution < 1.29 is 328 Å². The Hall–Kier alpha value is 3.17. The van der Waals surface area contributed by atoms with Gasteiger partial charge in [-0.1, -0.05) is 0 Å². The standard InChI is InChI=1S/2C6H8O7.2C2H4O2.2ClH.3K.2Na/c2*7-3(8)1-6(13,5(11)12)2-4(9)10;2*1-2(3)4;;;;;;;/h2*13H,1-2H2,(H,7,8)(H,9,10)(H,11,12);2*1H3,(H,3,4);2*1H;;;;;/q;;;;;;5*+1/p-5. The minimum Gasteiger partial charge on any atom is -1.00 e. The second kappa shape index (κ2) is 41.2. The van der Waals surface area contributed by atoms with Crippen LogP contribution in [0.25, 0.3) is 0 Å². The van der Waals surface area contributed by atoms with Crippen LogP contribution in [0.4, 0.5) is 0 Å². The van der Waals surface area contributed by atoms with E-state index in [0.717, 1.165) is 13.8 Å². The zero-order valence-electron chi connectivity index (χ0n) is 23.2. The molecule has 25 heteroatoms. The van der Waals surface area contributed by atoms with E-state index in [2.05, 4.69) is 0 Å². The van der Waals surface area contributed by atoms with E-state index in [1.807, 2.05) is 0 Å². The van der Waals surface area contributed by atoms with Gasteiger partial charge in [-0.3, -0.25) is 14.4 Å². The first-order valence-electron chi connectivity index (χ1n) is 8.14. The molecule has 7 N–H and O–H groups in total. The van der Waals surface area contributed by atoms with Crippen LogP contribution in [0.5, 0.6) is 0 Å². The van der Waals surface area contributed by atoms with E-state index in [1.54, 1.807) is 0 Å². The Bertz CT molecular complexity index is 700. The van der Waals surface area contributed by atoms with Gasteiger partial charge in [0.05, 0.1) is 19.3 Å². The third-order valence-corrected chi connectivity index (χ3v) is 2.56. The number of halogens is 2. The second-order valence-electron chi connectivity index (χ2n) is 5.92. The van der Waals surface area contributed by atoms with Crippen LogP contribution in [-0.2, 0) is 38.4 Å². The van der Waals surface area contributed by atoms with Gasteiger partial charge in [0.15, 0.2) is 11.2 Å². The third kappa shape index (κ3) is 59.2. The van der Waals surface area contributed by atoms with Crippen molar-refractivity contribution in [1.82, 2.24) is 0 Å². The van der Waals surface area contributed by atoms with Crippen molar-refractivity contribution in [2.45, 2.75) is 50.7 Å². The number of hydrogen-bond donors (Lipinski definition) is 7. The van der Waals surface area contributed by atoms with Crippen molar-refractivity contribution in [3.05, 3.63) is 0 Å². The molecular formula is C16H21Cl2K3Na2O18. The topological polar surface area (TPSA) is 347 Å². The largest absolute Gasteiger partial charge is 1.00 e. The van der Waals surface area contributed by atoms with Gasteiger partial charge in [-0.2, -0.15) is 0 Å². The van der Waals surface area contributed by atoms with Gasteiger partial charge < -0.3 is 90.3 Å². The zero-order chi connectivity index (χ0) is 28.4. The smallest absolute Gasteiger partial charge is 1.00 e. The molecule has 0 saturated heterocycles. The number of carboxylic acid groups (broad SMARTS) is 8. The molecule has 0 spiro atoms. The number of aliphatic hydroxyl groups is 2. The number of carbonyl (C=O) groups excluding carboxylic acids is 3. The molecule has 0 heterocycles. The van der Waals surface area contributed by atoms with Crippen molar-refractivity contribution >= 4 is 47.8 Å². The molecule has 0 aromatic rings. The average molecular weight is 736 g/mol. The Morgan fingerprint density at radius 3 is 0.756 bits per heavy atom. The van der Waals surface area contributed by atoms with Crippen molar-refractivity contribution in [3.63, 3.8) is 0 Å². The van der Waals surface area contributed by atoms with Crippen LogP contribution in [0.1, 0.15) is 39.5 Å².